The quantitative estimate of drug-likeness (QED) is 0.679. The molecule has 1 saturated heterocycles. The standard InChI is InChI=1S/C20H21F3N4O/c1-13-15(4-3-5-16(13)20(21,22)23)12-27-14(2)25-17-11-24-19(10-18(17)27)26-6-8-28-9-7-26/h3-5,10-11H,6-9,12H2,1-2H3. The number of imidazole rings is 1. The molecule has 4 rings (SSSR count). The third kappa shape index (κ3) is 3.44. The molecule has 0 unspecified atom stereocenters. The van der Waals surface area contributed by atoms with Crippen LogP contribution in [-0.2, 0) is 17.5 Å². The summed E-state index contributed by atoms with van der Waals surface area (Å²) in [5.41, 5.74) is 1.88. The van der Waals surface area contributed by atoms with E-state index in [4.69, 9.17) is 4.74 Å². The van der Waals surface area contributed by atoms with Crippen LogP contribution in [0.5, 0.6) is 0 Å². The number of nitrogens with zero attached hydrogens (tertiary/aromatic N) is 4. The molecule has 0 amide bonds. The highest BCUT2D eigenvalue weighted by molar-refractivity contribution is 5.78. The Morgan fingerprint density at radius 2 is 1.89 bits per heavy atom. The minimum atomic E-state index is -4.36. The van der Waals surface area contributed by atoms with E-state index in [0.29, 0.717) is 25.3 Å². The number of rotatable bonds is 3. The number of fused-ring (bicyclic) bond motifs is 1. The Balaban J connectivity index is 1.74. The summed E-state index contributed by atoms with van der Waals surface area (Å²) in [6.45, 7) is 6.54. The molecular weight excluding hydrogens is 369 g/mol. The third-order valence-electron chi connectivity index (χ3n) is 5.23. The Bertz CT molecular complexity index is 1010. The number of hydrogen-bond acceptors (Lipinski definition) is 4. The zero-order chi connectivity index (χ0) is 19.9. The van der Waals surface area contributed by atoms with E-state index in [1.165, 1.54) is 13.0 Å². The lowest BCUT2D eigenvalue weighted by Gasteiger charge is -2.27. The molecule has 0 radical (unpaired) electrons. The predicted octanol–water partition coefficient (Wildman–Crippen LogP) is 3.95. The van der Waals surface area contributed by atoms with Crippen LogP contribution in [-0.4, -0.2) is 40.8 Å². The lowest BCUT2D eigenvalue weighted by Crippen LogP contribution is -2.36. The molecule has 0 saturated carbocycles. The van der Waals surface area contributed by atoms with Crippen molar-refractivity contribution < 1.29 is 17.9 Å². The Kier molecular flexibility index (Phi) is 4.74. The van der Waals surface area contributed by atoms with Crippen molar-refractivity contribution in [2.75, 3.05) is 31.2 Å². The summed E-state index contributed by atoms with van der Waals surface area (Å²) in [5, 5.41) is 0. The van der Waals surface area contributed by atoms with Crippen molar-refractivity contribution in [3.05, 3.63) is 53.0 Å². The van der Waals surface area contributed by atoms with Gasteiger partial charge in [-0.3, -0.25) is 0 Å². The van der Waals surface area contributed by atoms with E-state index in [1.807, 2.05) is 17.6 Å². The van der Waals surface area contributed by atoms with E-state index in [-0.39, 0.29) is 5.56 Å². The van der Waals surface area contributed by atoms with Gasteiger partial charge < -0.3 is 14.2 Å². The van der Waals surface area contributed by atoms with Crippen molar-refractivity contribution in [2.24, 2.45) is 0 Å². The summed E-state index contributed by atoms with van der Waals surface area (Å²) in [6.07, 6.45) is -2.64. The highest BCUT2D eigenvalue weighted by Gasteiger charge is 2.32. The lowest BCUT2D eigenvalue weighted by molar-refractivity contribution is -0.138. The molecule has 0 atom stereocenters. The van der Waals surface area contributed by atoms with E-state index in [2.05, 4.69) is 14.9 Å². The smallest absolute Gasteiger partial charge is 0.378 e. The molecule has 0 N–H and O–H groups in total. The van der Waals surface area contributed by atoms with Crippen LogP contribution in [0, 0.1) is 13.8 Å². The van der Waals surface area contributed by atoms with Crippen molar-refractivity contribution in [2.45, 2.75) is 26.6 Å². The highest BCUT2D eigenvalue weighted by Crippen LogP contribution is 2.33. The fraction of sp³-hybridized carbons (Fsp3) is 0.400. The molecule has 2 aromatic heterocycles. The van der Waals surface area contributed by atoms with Crippen molar-refractivity contribution in [3.8, 4) is 0 Å². The fourth-order valence-electron chi connectivity index (χ4n) is 3.64. The normalized spacial score (nSPS) is 15.4. The summed E-state index contributed by atoms with van der Waals surface area (Å²) < 4.78 is 47.1. The molecule has 148 valence electrons. The summed E-state index contributed by atoms with van der Waals surface area (Å²) in [5.74, 6) is 1.57. The minimum Gasteiger partial charge on any atom is -0.378 e. The van der Waals surface area contributed by atoms with E-state index in [9.17, 15) is 13.2 Å². The highest BCUT2D eigenvalue weighted by atomic mass is 19.4. The maximum atomic E-state index is 13.3. The van der Waals surface area contributed by atoms with Crippen molar-refractivity contribution in [1.82, 2.24) is 14.5 Å². The Labute approximate surface area is 160 Å². The van der Waals surface area contributed by atoms with Gasteiger partial charge in [0.15, 0.2) is 0 Å². The van der Waals surface area contributed by atoms with Gasteiger partial charge in [-0.2, -0.15) is 13.2 Å². The number of ether oxygens (including phenoxy) is 1. The zero-order valence-electron chi connectivity index (χ0n) is 15.8. The molecular formula is C20H21F3N4O. The molecule has 28 heavy (non-hydrogen) atoms. The number of aryl methyl sites for hydroxylation is 1. The molecule has 1 aromatic carbocycles. The second-order valence-corrected chi connectivity index (χ2v) is 6.96. The van der Waals surface area contributed by atoms with Crippen LogP contribution in [0.1, 0.15) is 22.5 Å². The van der Waals surface area contributed by atoms with Gasteiger partial charge in [-0.15, -0.1) is 0 Å². The number of pyridine rings is 1. The van der Waals surface area contributed by atoms with Crippen LogP contribution in [0.2, 0.25) is 0 Å². The second-order valence-electron chi connectivity index (χ2n) is 6.96. The van der Waals surface area contributed by atoms with Gasteiger partial charge in [0.1, 0.15) is 17.2 Å². The van der Waals surface area contributed by atoms with Gasteiger partial charge in [0.25, 0.3) is 0 Å². The minimum absolute atomic E-state index is 0.249. The number of halogens is 3. The first-order valence-corrected chi connectivity index (χ1v) is 9.16. The van der Waals surface area contributed by atoms with Gasteiger partial charge >= 0.3 is 6.18 Å². The summed E-state index contributed by atoms with van der Waals surface area (Å²) in [7, 11) is 0. The number of aromatic nitrogens is 3. The van der Waals surface area contributed by atoms with E-state index in [0.717, 1.165) is 41.8 Å². The zero-order valence-corrected chi connectivity index (χ0v) is 15.8. The third-order valence-corrected chi connectivity index (χ3v) is 5.23. The molecule has 5 nitrogen and oxygen atoms in total. The van der Waals surface area contributed by atoms with Crippen LogP contribution >= 0.6 is 0 Å². The predicted molar refractivity (Wildman–Crippen MR) is 101 cm³/mol. The van der Waals surface area contributed by atoms with Crippen molar-refractivity contribution in [3.63, 3.8) is 0 Å². The Hall–Kier alpha value is -2.61. The monoisotopic (exact) mass is 390 g/mol. The summed E-state index contributed by atoms with van der Waals surface area (Å²) in [4.78, 5) is 11.2. The molecule has 1 aliphatic heterocycles. The molecule has 8 heteroatoms. The fourth-order valence-corrected chi connectivity index (χ4v) is 3.64. The van der Waals surface area contributed by atoms with Gasteiger partial charge in [-0.25, -0.2) is 9.97 Å². The second kappa shape index (κ2) is 7.09. The summed E-state index contributed by atoms with van der Waals surface area (Å²) in [6, 6.07) is 6.28. The maximum absolute atomic E-state index is 13.3. The van der Waals surface area contributed by atoms with Crippen molar-refractivity contribution in [1.29, 1.82) is 0 Å². The maximum Gasteiger partial charge on any atom is 0.416 e. The van der Waals surface area contributed by atoms with E-state index < -0.39 is 11.7 Å². The number of anilines is 1. The van der Waals surface area contributed by atoms with Gasteiger partial charge in [0.2, 0.25) is 0 Å². The molecule has 3 aromatic rings. The topological polar surface area (TPSA) is 43.2 Å². The summed E-state index contributed by atoms with van der Waals surface area (Å²) >= 11 is 0. The van der Waals surface area contributed by atoms with E-state index >= 15 is 0 Å². The number of benzene rings is 1. The number of alkyl halides is 3. The average Bonchev–Trinajstić information content (AvgIpc) is 2.98. The van der Waals surface area contributed by atoms with Crippen LogP contribution in [0.25, 0.3) is 11.0 Å². The SMILES string of the molecule is Cc1c(Cn2c(C)nc3cnc(N4CCOCC4)cc32)cccc1C(F)(F)F. The number of hydrogen-bond donors (Lipinski definition) is 0. The Morgan fingerprint density at radius 1 is 1.14 bits per heavy atom. The first-order chi connectivity index (χ1) is 13.3. The molecule has 3 heterocycles. The van der Waals surface area contributed by atoms with Crippen LogP contribution in [0.15, 0.2) is 30.5 Å². The first kappa shape index (κ1) is 18.7. The lowest BCUT2D eigenvalue weighted by atomic mass is 10.0. The van der Waals surface area contributed by atoms with Gasteiger partial charge in [0.05, 0.1) is 30.5 Å². The van der Waals surface area contributed by atoms with Gasteiger partial charge in [-0.1, -0.05) is 12.1 Å². The molecule has 1 aliphatic rings. The Morgan fingerprint density at radius 3 is 2.61 bits per heavy atom. The van der Waals surface area contributed by atoms with Crippen LogP contribution in [0.3, 0.4) is 0 Å². The largest absolute Gasteiger partial charge is 0.416 e. The first-order valence-electron chi connectivity index (χ1n) is 9.16. The molecule has 1 fully saturated rings. The van der Waals surface area contributed by atoms with Gasteiger partial charge in [-0.05, 0) is 31.0 Å². The van der Waals surface area contributed by atoms with Crippen LogP contribution < -0.4 is 4.90 Å². The van der Waals surface area contributed by atoms with Crippen molar-refractivity contribution >= 4 is 16.9 Å². The molecule has 0 bridgehead atoms. The average molecular weight is 390 g/mol. The number of morpholine rings is 1. The molecule has 0 spiro atoms. The van der Waals surface area contributed by atoms with E-state index in [1.54, 1.807) is 12.3 Å². The molecule has 0 aliphatic carbocycles. The van der Waals surface area contributed by atoms with Gasteiger partial charge in [0, 0.05) is 25.7 Å². The van der Waals surface area contributed by atoms with Crippen LogP contribution in [0.4, 0.5) is 19.0 Å².